The van der Waals surface area contributed by atoms with E-state index in [1.807, 2.05) is 0 Å². The fraction of sp³-hybridized carbons (Fsp3) is 0.273. The van der Waals surface area contributed by atoms with Gasteiger partial charge >= 0.3 is 5.97 Å². The lowest BCUT2D eigenvalue weighted by molar-refractivity contribution is -0.138. The van der Waals surface area contributed by atoms with Crippen LogP contribution in [-0.2, 0) is 19.6 Å². The molecule has 0 spiro atoms. The second kappa shape index (κ2) is 6.52. The van der Waals surface area contributed by atoms with Crippen LogP contribution < -0.4 is 20.9 Å². The molecule has 0 aliphatic carbocycles. The molecule has 6 N–H and O–H groups in total. The molecule has 1 unspecified atom stereocenters. The Morgan fingerprint density at radius 2 is 2.05 bits per heavy atom. The molecule has 0 fully saturated rings. The molecule has 1 amide bonds. The van der Waals surface area contributed by atoms with Crippen LogP contribution in [-0.4, -0.2) is 38.6 Å². The van der Waals surface area contributed by atoms with E-state index in [4.69, 9.17) is 20.7 Å². The van der Waals surface area contributed by atoms with Gasteiger partial charge in [-0.25, -0.2) is 13.6 Å². The van der Waals surface area contributed by atoms with Crippen molar-refractivity contribution in [3.05, 3.63) is 18.2 Å². The van der Waals surface area contributed by atoms with Crippen LogP contribution in [0.25, 0.3) is 0 Å². The number of anilines is 1. The van der Waals surface area contributed by atoms with Gasteiger partial charge < -0.3 is 20.9 Å². The van der Waals surface area contributed by atoms with Crippen molar-refractivity contribution in [1.82, 2.24) is 0 Å². The lowest BCUT2D eigenvalue weighted by Gasteiger charge is -2.14. The first-order valence-electron chi connectivity index (χ1n) is 5.64. The minimum Gasteiger partial charge on any atom is -0.495 e. The zero-order chi connectivity index (χ0) is 16.2. The van der Waals surface area contributed by atoms with Gasteiger partial charge in [-0.3, -0.25) is 9.59 Å². The third-order valence-corrected chi connectivity index (χ3v) is 3.40. The topological polar surface area (TPSA) is 162 Å². The third kappa shape index (κ3) is 4.70. The van der Waals surface area contributed by atoms with E-state index in [2.05, 4.69) is 5.32 Å². The maximum atomic E-state index is 11.7. The van der Waals surface area contributed by atoms with Gasteiger partial charge in [-0.1, -0.05) is 0 Å². The van der Waals surface area contributed by atoms with Crippen molar-refractivity contribution in [3.8, 4) is 5.75 Å². The number of aliphatic carboxylic acids is 1. The third-order valence-electron chi connectivity index (χ3n) is 2.49. The number of methoxy groups -OCH3 is 1. The number of primary sulfonamides is 1. The van der Waals surface area contributed by atoms with E-state index in [0.29, 0.717) is 0 Å². The number of nitrogens with one attached hydrogen (secondary N) is 1. The largest absolute Gasteiger partial charge is 0.495 e. The zero-order valence-corrected chi connectivity index (χ0v) is 11.9. The number of carbonyl (C=O) groups is 2. The van der Waals surface area contributed by atoms with Crippen LogP contribution in [0.1, 0.15) is 6.42 Å². The Kier molecular flexibility index (Phi) is 5.24. The Balaban J connectivity index is 3.06. The lowest BCUT2D eigenvalue weighted by atomic mass is 10.2. The van der Waals surface area contributed by atoms with Gasteiger partial charge in [-0.15, -0.1) is 0 Å². The molecule has 0 saturated carbocycles. The average molecular weight is 317 g/mol. The number of carboxylic acids is 1. The number of carbonyl (C=O) groups excluding carboxylic acids is 1. The molecule has 1 aromatic rings. The summed E-state index contributed by atoms with van der Waals surface area (Å²) in [6.45, 7) is 0. The van der Waals surface area contributed by atoms with Crippen LogP contribution in [0.15, 0.2) is 23.1 Å². The minimum absolute atomic E-state index is 0.0230. The summed E-state index contributed by atoms with van der Waals surface area (Å²) in [5, 5.41) is 15.9. The maximum absolute atomic E-state index is 11.7. The summed E-state index contributed by atoms with van der Waals surface area (Å²) in [5.41, 5.74) is 5.43. The first-order valence-corrected chi connectivity index (χ1v) is 7.19. The molecule has 116 valence electrons. The Morgan fingerprint density at radius 1 is 1.43 bits per heavy atom. The highest BCUT2D eigenvalue weighted by Gasteiger charge is 2.19. The summed E-state index contributed by atoms with van der Waals surface area (Å²) < 4.78 is 27.5. The Hall–Kier alpha value is -2.17. The smallest absolute Gasteiger partial charge is 0.305 e. The zero-order valence-electron chi connectivity index (χ0n) is 11.1. The number of nitrogens with two attached hydrogens (primary N) is 2. The van der Waals surface area contributed by atoms with Crippen LogP contribution in [0, 0.1) is 0 Å². The normalized spacial score (nSPS) is 12.5. The van der Waals surface area contributed by atoms with Gasteiger partial charge in [0.2, 0.25) is 15.9 Å². The van der Waals surface area contributed by atoms with Crippen molar-refractivity contribution in [2.75, 3.05) is 12.4 Å². The Labute approximate surface area is 120 Å². The van der Waals surface area contributed by atoms with Crippen molar-refractivity contribution in [2.45, 2.75) is 17.4 Å². The predicted molar refractivity (Wildman–Crippen MR) is 73.2 cm³/mol. The van der Waals surface area contributed by atoms with Gasteiger partial charge in [0.15, 0.2) is 0 Å². The van der Waals surface area contributed by atoms with Crippen LogP contribution in [0.4, 0.5) is 5.69 Å². The van der Waals surface area contributed by atoms with Gasteiger partial charge in [-0.2, -0.15) is 0 Å². The highest BCUT2D eigenvalue weighted by Crippen LogP contribution is 2.27. The molecule has 10 heteroatoms. The standard InChI is InChI=1S/C11H15N3O6S/c1-20-9-3-2-6(21(13,18)19)4-8(9)14-11(17)7(12)5-10(15)16/h2-4,7H,5,12H2,1H3,(H,14,17)(H,15,16)(H2,13,18,19). The number of hydrogen-bond acceptors (Lipinski definition) is 6. The molecule has 1 aromatic carbocycles. The second-order valence-electron chi connectivity index (χ2n) is 4.10. The van der Waals surface area contributed by atoms with Crippen LogP contribution in [0.2, 0.25) is 0 Å². The molecule has 9 nitrogen and oxygen atoms in total. The summed E-state index contributed by atoms with van der Waals surface area (Å²) in [5.74, 6) is -1.84. The molecule has 1 atom stereocenters. The number of carboxylic acid groups (broad SMARTS) is 1. The van der Waals surface area contributed by atoms with Crippen molar-refractivity contribution < 1.29 is 27.9 Å². The van der Waals surface area contributed by atoms with Gasteiger partial charge in [0.05, 0.1) is 30.2 Å². The summed E-state index contributed by atoms with van der Waals surface area (Å²) in [4.78, 5) is 22.0. The second-order valence-corrected chi connectivity index (χ2v) is 5.66. The monoisotopic (exact) mass is 317 g/mol. The first kappa shape index (κ1) is 16.9. The SMILES string of the molecule is COc1ccc(S(N)(=O)=O)cc1NC(=O)C(N)CC(=O)O. The predicted octanol–water partition coefficient (Wildman–Crippen LogP) is -0.917. The molecule has 0 aliphatic rings. The van der Waals surface area contributed by atoms with Crippen molar-refractivity contribution in [3.63, 3.8) is 0 Å². The Bertz CT molecular complexity index is 658. The molecule has 0 radical (unpaired) electrons. The van der Waals surface area contributed by atoms with Gasteiger partial charge in [0, 0.05) is 0 Å². The van der Waals surface area contributed by atoms with E-state index in [1.165, 1.54) is 19.2 Å². The lowest BCUT2D eigenvalue weighted by Crippen LogP contribution is -2.37. The van der Waals surface area contributed by atoms with Crippen molar-refractivity contribution >= 4 is 27.6 Å². The summed E-state index contributed by atoms with van der Waals surface area (Å²) in [6.07, 6.45) is -0.566. The molecule has 0 bridgehead atoms. The molecular formula is C11H15N3O6S. The van der Waals surface area contributed by atoms with E-state index >= 15 is 0 Å². The number of amides is 1. The number of rotatable bonds is 6. The molecule has 0 aromatic heterocycles. The van der Waals surface area contributed by atoms with E-state index in [-0.39, 0.29) is 16.3 Å². The molecule has 0 aliphatic heterocycles. The molecule has 1 rings (SSSR count). The number of sulfonamides is 1. The average Bonchev–Trinajstić information content (AvgIpc) is 2.36. The maximum Gasteiger partial charge on any atom is 0.305 e. The fourth-order valence-electron chi connectivity index (χ4n) is 1.47. The van der Waals surface area contributed by atoms with E-state index in [9.17, 15) is 18.0 Å². The van der Waals surface area contributed by atoms with Crippen LogP contribution in [0.5, 0.6) is 5.75 Å². The van der Waals surface area contributed by atoms with Gasteiger partial charge in [0.1, 0.15) is 5.75 Å². The molecular weight excluding hydrogens is 302 g/mol. The highest BCUT2D eigenvalue weighted by atomic mass is 32.2. The van der Waals surface area contributed by atoms with Gasteiger partial charge in [-0.05, 0) is 18.2 Å². The van der Waals surface area contributed by atoms with Crippen molar-refractivity contribution in [1.29, 1.82) is 0 Å². The summed E-state index contributed by atoms with van der Waals surface area (Å²) >= 11 is 0. The first-order chi connectivity index (χ1) is 9.65. The van der Waals surface area contributed by atoms with Crippen molar-refractivity contribution in [2.24, 2.45) is 10.9 Å². The summed E-state index contributed by atoms with van der Waals surface area (Å²) in [7, 11) is -2.64. The number of hydrogen-bond donors (Lipinski definition) is 4. The number of benzene rings is 1. The van der Waals surface area contributed by atoms with E-state index in [0.717, 1.165) is 6.07 Å². The Morgan fingerprint density at radius 3 is 2.52 bits per heavy atom. The van der Waals surface area contributed by atoms with E-state index in [1.54, 1.807) is 0 Å². The highest BCUT2D eigenvalue weighted by molar-refractivity contribution is 7.89. The quantitative estimate of drug-likeness (QED) is 0.527. The molecule has 0 heterocycles. The summed E-state index contributed by atoms with van der Waals surface area (Å²) in [6, 6.07) is 2.32. The number of ether oxygens (including phenoxy) is 1. The van der Waals surface area contributed by atoms with E-state index < -0.39 is 34.4 Å². The van der Waals surface area contributed by atoms with Crippen LogP contribution in [0.3, 0.4) is 0 Å². The fourth-order valence-corrected chi connectivity index (χ4v) is 2.01. The van der Waals surface area contributed by atoms with Crippen LogP contribution >= 0.6 is 0 Å². The molecule has 21 heavy (non-hydrogen) atoms. The molecule has 0 saturated heterocycles. The van der Waals surface area contributed by atoms with Gasteiger partial charge in [0.25, 0.3) is 0 Å². The minimum atomic E-state index is -3.96.